The van der Waals surface area contributed by atoms with Crippen LogP contribution in [-0.4, -0.2) is 12.9 Å². The summed E-state index contributed by atoms with van der Waals surface area (Å²) in [6.07, 6.45) is 2.07. The highest BCUT2D eigenvalue weighted by atomic mass is 16.5. The van der Waals surface area contributed by atoms with Gasteiger partial charge in [-0.15, -0.1) is 0 Å². The molecule has 2 atom stereocenters. The number of carbonyl (C=O) groups excluding carboxylic acids is 1. The molecule has 0 amide bonds. The number of hydrogen-bond acceptors (Lipinski definition) is 2. The molecule has 86 valence electrons. The molecule has 0 aliphatic heterocycles. The highest BCUT2D eigenvalue weighted by molar-refractivity contribution is 5.61. The van der Waals surface area contributed by atoms with Crippen LogP contribution in [0.5, 0.6) is 5.75 Å². The van der Waals surface area contributed by atoms with Gasteiger partial charge in [-0.3, -0.25) is 0 Å². The number of hydrogen-bond donors (Lipinski definition) is 0. The molecule has 1 aromatic rings. The van der Waals surface area contributed by atoms with Gasteiger partial charge in [0.05, 0.1) is 6.61 Å². The second kappa shape index (κ2) is 4.69. The first-order valence-electron chi connectivity index (χ1n) is 5.88. The summed E-state index contributed by atoms with van der Waals surface area (Å²) in [5, 5.41) is 0. The van der Waals surface area contributed by atoms with Crippen molar-refractivity contribution in [3.8, 4) is 5.75 Å². The lowest BCUT2D eigenvalue weighted by Crippen LogP contribution is -2.04. The summed E-state index contributed by atoms with van der Waals surface area (Å²) >= 11 is 0. The summed E-state index contributed by atoms with van der Waals surface area (Å²) in [5.74, 6) is 2.17. The van der Waals surface area contributed by atoms with E-state index in [2.05, 4.69) is 26.0 Å². The zero-order valence-corrected chi connectivity index (χ0v) is 9.85. The minimum absolute atomic E-state index is 0.252. The van der Waals surface area contributed by atoms with Crippen molar-refractivity contribution in [2.24, 2.45) is 11.8 Å². The maximum Gasteiger partial charge on any atom is 0.123 e. The van der Waals surface area contributed by atoms with Gasteiger partial charge in [-0.1, -0.05) is 26.0 Å². The fourth-order valence-corrected chi connectivity index (χ4v) is 1.82. The van der Waals surface area contributed by atoms with Gasteiger partial charge in [0.1, 0.15) is 12.0 Å². The Morgan fingerprint density at radius 1 is 1.38 bits per heavy atom. The molecular formula is C14H18O2. The van der Waals surface area contributed by atoms with Gasteiger partial charge >= 0.3 is 0 Å². The summed E-state index contributed by atoms with van der Waals surface area (Å²) in [6.45, 7) is 5.01. The van der Waals surface area contributed by atoms with Crippen molar-refractivity contribution in [1.29, 1.82) is 0 Å². The van der Waals surface area contributed by atoms with Crippen molar-refractivity contribution >= 4 is 6.29 Å². The topological polar surface area (TPSA) is 26.3 Å². The lowest BCUT2D eigenvalue weighted by Gasteiger charge is -2.08. The van der Waals surface area contributed by atoms with E-state index in [0.29, 0.717) is 11.8 Å². The van der Waals surface area contributed by atoms with E-state index in [-0.39, 0.29) is 5.92 Å². The van der Waals surface area contributed by atoms with Crippen molar-refractivity contribution in [3.05, 3.63) is 29.8 Å². The fraction of sp³-hybridized carbons (Fsp3) is 0.500. The van der Waals surface area contributed by atoms with Crippen LogP contribution in [-0.2, 0) is 4.79 Å². The monoisotopic (exact) mass is 218 g/mol. The predicted molar refractivity (Wildman–Crippen MR) is 63.7 cm³/mol. The summed E-state index contributed by atoms with van der Waals surface area (Å²) in [7, 11) is 0. The molecule has 1 saturated carbocycles. The first kappa shape index (κ1) is 11.2. The van der Waals surface area contributed by atoms with Gasteiger partial charge in [0, 0.05) is 5.92 Å². The maximum absolute atomic E-state index is 10.6. The van der Waals surface area contributed by atoms with Crippen LogP contribution in [0.4, 0.5) is 0 Å². The van der Waals surface area contributed by atoms with Gasteiger partial charge < -0.3 is 9.53 Å². The third-order valence-electron chi connectivity index (χ3n) is 2.91. The second-order valence-corrected chi connectivity index (χ2v) is 4.92. The molecule has 1 aliphatic carbocycles. The molecular weight excluding hydrogens is 200 g/mol. The lowest BCUT2D eigenvalue weighted by molar-refractivity contribution is -0.108. The predicted octanol–water partition coefficient (Wildman–Crippen LogP) is 3.02. The molecule has 1 aliphatic rings. The first-order valence-corrected chi connectivity index (χ1v) is 5.88. The Hall–Kier alpha value is -1.31. The SMILES string of the molecule is CC(C)COc1ccc(C2CC2C=O)cc1. The lowest BCUT2D eigenvalue weighted by atomic mass is 10.1. The summed E-state index contributed by atoms with van der Waals surface area (Å²) in [5.41, 5.74) is 1.26. The highest BCUT2D eigenvalue weighted by Crippen LogP contribution is 2.46. The van der Waals surface area contributed by atoms with Crippen LogP contribution >= 0.6 is 0 Å². The fourth-order valence-electron chi connectivity index (χ4n) is 1.82. The van der Waals surface area contributed by atoms with Gasteiger partial charge in [0.2, 0.25) is 0 Å². The zero-order chi connectivity index (χ0) is 11.5. The van der Waals surface area contributed by atoms with E-state index < -0.39 is 0 Å². The molecule has 0 bridgehead atoms. The molecule has 0 radical (unpaired) electrons. The molecule has 0 spiro atoms. The van der Waals surface area contributed by atoms with E-state index in [9.17, 15) is 4.79 Å². The van der Waals surface area contributed by atoms with E-state index in [1.807, 2.05) is 12.1 Å². The molecule has 16 heavy (non-hydrogen) atoms. The summed E-state index contributed by atoms with van der Waals surface area (Å²) in [4.78, 5) is 10.6. The Morgan fingerprint density at radius 2 is 2.06 bits per heavy atom. The van der Waals surface area contributed by atoms with Crippen LogP contribution in [0.1, 0.15) is 31.7 Å². The van der Waals surface area contributed by atoms with Crippen molar-refractivity contribution in [2.45, 2.75) is 26.2 Å². The zero-order valence-electron chi connectivity index (χ0n) is 9.85. The van der Waals surface area contributed by atoms with Crippen molar-refractivity contribution < 1.29 is 9.53 Å². The third kappa shape index (κ3) is 2.63. The molecule has 2 unspecified atom stereocenters. The quantitative estimate of drug-likeness (QED) is 0.710. The van der Waals surface area contributed by atoms with Crippen LogP contribution in [0.15, 0.2) is 24.3 Å². The number of ether oxygens (including phenoxy) is 1. The van der Waals surface area contributed by atoms with Crippen LogP contribution in [0.2, 0.25) is 0 Å². The number of rotatable bonds is 5. The number of aldehydes is 1. The van der Waals surface area contributed by atoms with Crippen LogP contribution in [0, 0.1) is 11.8 Å². The molecule has 0 aromatic heterocycles. The summed E-state index contributed by atoms with van der Waals surface area (Å²) < 4.78 is 5.61. The van der Waals surface area contributed by atoms with Gasteiger partial charge in [0.25, 0.3) is 0 Å². The summed E-state index contributed by atoms with van der Waals surface area (Å²) in [6, 6.07) is 8.14. The molecule has 1 fully saturated rings. The minimum atomic E-state index is 0.252. The molecule has 1 aromatic carbocycles. The minimum Gasteiger partial charge on any atom is -0.493 e. The molecule has 0 N–H and O–H groups in total. The van der Waals surface area contributed by atoms with Crippen LogP contribution < -0.4 is 4.74 Å². The van der Waals surface area contributed by atoms with E-state index in [1.165, 1.54) is 5.56 Å². The number of benzene rings is 1. The Labute approximate surface area is 96.6 Å². The molecule has 2 heteroatoms. The Morgan fingerprint density at radius 3 is 2.56 bits per heavy atom. The third-order valence-corrected chi connectivity index (χ3v) is 2.91. The molecule has 0 heterocycles. The van der Waals surface area contributed by atoms with Crippen LogP contribution in [0.3, 0.4) is 0 Å². The van der Waals surface area contributed by atoms with Gasteiger partial charge in [0.15, 0.2) is 0 Å². The Bertz CT molecular complexity index is 354. The average molecular weight is 218 g/mol. The Balaban J connectivity index is 1.92. The largest absolute Gasteiger partial charge is 0.493 e. The van der Waals surface area contributed by atoms with Gasteiger partial charge in [-0.2, -0.15) is 0 Å². The standard InChI is InChI=1S/C14H18O2/c1-10(2)9-16-13-5-3-11(4-6-13)14-7-12(14)8-15/h3-6,8,10,12,14H,7,9H2,1-2H3. The van der Waals surface area contributed by atoms with Gasteiger partial charge in [-0.25, -0.2) is 0 Å². The van der Waals surface area contributed by atoms with Crippen molar-refractivity contribution in [1.82, 2.24) is 0 Å². The van der Waals surface area contributed by atoms with Gasteiger partial charge in [-0.05, 0) is 36.0 Å². The van der Waals surface area contributed by atoms with E-state index in [4.69, 9.17) is 4.74 Å². The normalized spacial score (nSPS) is 23.2. The second-order valence-electron chi connectivity index (χ2n) is 4.92. The molecule has 0 saturated heterocycles. The van der Waals surface area contributed by atoms with E-state index in [1.54, 1.807) is 0 Å². The van der Waals surface area contributed by atoms with Crippen molar-refractivity contribution in [3.63, 3.8) is 0 Å². The van der Waals surface area contributed by atoms with Crippen molar-refractivity contribution in [2.75, 3.05) is 6.61 Å². The highest BCUT2D eigenvalue weighted by Gasteiger charge is 2.37. The average Bonchev–Trinajstić information content (AvgIpc) is 3.06. The number of carbonyl (C=O) groups is 1. The molecule has 2 nitrogen and oxygen atoms in total. The maximum atomic E-state index is 10.6. The van der Waals surface area contributed by atoms with E-state index >= 15 is 0 Å². The van der Waals surface area contributed by atoms with E-state index in [0.717, 1.165) is 25.1 Å². The Kier molecular flexibility index (Phi) is 3.28. The first-order chi connectivity index (χ1) is 7.70. The molecule has 2 rings (SSSR count). The smallest absolute Gasteiger partial charge is 0.123 e. The van der Waals surface area contributed by atoms with Crippen LogP contribution in [0.25, 0.3) is 0 Å².